The van der Waals surface area contributed by atoms with Gasteiger partial charge in [-0.05, 0) is 18.6 Å². The zero-order valence-corrected chi connectivity index (χ0v) is 9.04. The Kier molecular flexibility index (Phi) is 3.92. The van der Waals surface area contributed by atoms with Crippen LogP contribution < -0.4 is 10.1 Å². The lowest BCUT2D eigenvalue weighted by Crippen LogP contribution is -2.08. The first-order valence-electron chi connectivity index (χ1n) is 4.73. The number of hydrogen-bond acceptors (Lipinski definition) is 2. The maximum absolute atomic E-state index is 11.0. The fourth-order valence-electron chi connectivity index (χ4n) is 1.42. The van der Waals surface area contributed by atoms with Crippen molar-refractivity contribution in [1.82, 2.24) is 0 Å². The lowest BCUT2D eigenvalue weighted by atomic mass is 10.1. The van der Waals surface area contributed by atoms with Crippen LogP contribution in [0.5, 0.6) is 5.75 Å². The van der Waals surface area contributed by atoms with Gasteiger partial charge in [-0.1, -0.05) is 12.1 Å². The molecular formula is C12H15NO2. The van der Waals surface area contributed by atoms with Crippen LogP contribution in [0.2, 0.25) is 0 Å². The summed E-state index contributed by atoms with van der Waals surface area (Å²) in [4.78, 5) is 11.0. The number of allylic oxidation sites excluding steroid dienone is 1. The molecule has 3 nitrogen and oxygen atoms in total. The average molecular weight is 205 g/mol. The molecule has 0 aliphatic heterocycles. The molecule has 0 aromatic heterocycles. The summed E-state index contributed by atoms with van der Waals surface area (Å²) in [5, 5.41) is 2.77. The quantitative estimate of drug-likeness (QED) is 0.766. The molecule has 0 saturated heterocycles. The third kappa shape index (κ3) is 2.84. The van der Waals surface area contributed by atoms with Gasteiger partial charge in [0.25, 0.3) is 0 Å². The van der Waals surface area contributed by atoms with Crippen LogP contribution in [0.4, 0.5) is 5.69 Å². The predicted octanol–water partition coefficient (Wildman–Crippen LogP) is 2.38. The second-order valence-corrected chi connectivity index (χ2v) is 3.16. The largest absolute Gasteiger partial charge is 0.496 e. The van der Waals surface area contributed by atoms with Crippen LogP contribution in [0, 0.1) is 0 Å². The fraction of sp³-hybridized carbons (Fsp3) is 0.250. The van der Waals surface area contributed by atoms with Crippen molar-refractivity contribution in [1.29, 1.82) is 0 Å². The van der Waals surface area contributed by atoms with Gasteiger partial charge in [0.1, 0.15) is 5.75 Å². The van der Waals surface area contributed by atoms with Gasteiger partial charge in [-0.25, -0.2) is 0 Å². The molecule has 1 rings (SSSR count). The number of anilines is 1. The minimum absolute atomic E-state index is 0.0893. The summed E-state index contributed by atoms with van der Waals surface area (Å²) < 4.78 is 5.22. The summed E-state index contributed by atoms with van der Waals surface area (Å²) in [6.45, 7) is 5.17. The van der Waals surface area contributed by atoms with Crippen LogP contribution in [0.25, 0.3) is 0 Å². The first-order valence-corrected chi connectivity index (χ1v) is 4.73. The highest BCUT2D eigenvalue weighted by Crippen LogP contribution is 2.27. The van der Waals surface area contributed by atoms with E-state index in [0.29, 0.717) is 6.42 Å². The Morgan fingerprint density at radius 1 is 1.60 bits per heavy atom. The van der Waals surface area contributed by atoms with E-state index in [1.54, 1.807) is 13.2 Å². The molecule has 0 aliphatic carbocycles. The van der Waals surface area contributed by atoms with Crippen LogP contribution in [0.3, 0.4) is 0 Å². The summed E-state index contributed by atoms with van der Waals surface area (Å²) in [5.41, 5.74) is 1.73. The van der Waals surface area contributed by atoms with Crippen LogP contribution in [0.15, 0.2) is 30.9 Å². The number of hydrogen-bond donors (Lipinski definition) is 1. The molecule has 1 aromatic rings. The molecule has 0 atom stereocenters. The second-order valence-electron chi connectivity index (χ2n) is 3.16. The van der Waals surface area contributed by atoms with Gasteiger partial charge < -0.3 is 10.1 Å². The maximum atomic E-state index is 11.0. The third-order valence-corrected chi connectivity index (χ3v) is 2.01. The number of ether oxygens (including phenoxy) is 1. The maximum Gasteiger partial charge on any atom is 0.221 e. The minimum atomic E-state index is -0.0893. The lowest BCUT2D eigenvalue weighted by molar-refractivity contribution is -0.114. The van der Waals surface area contributed by atoms with E-state index in [2.05, 4.69) is 11.9 Å². The number of rotatable bonds is 4. The molecule has 0 aliphatic rings. The van der Waals surface area contributed by atoms with Gasteiger partial charge >= 0.3 is 0 Å². The highest BCUT2D eigenvalue weighted by molar-refractivity contribution is 5.90. The van der Waals surface area contributed by atoms with Crippen molar-refractivity contribution < 1.29 is 9.53 Å². The molecule has 0 saturated carbocycles. The normalized spacial score (nSPS) is 9.47. The first-order chi connectivity index (χ1) is 7.19. The number of methoxy groups -OCH3 is 1. The van der Waals surface area contributed by atoms with Gasteiger partial charge in [-0.15, -0.1) is 6.58 Å². The highest BCUT2D eigenvalue weighted by atomic mass is 16.5. The summed E-state index contributed by atoms with van der Waals surface area (Å²) in [7, 11) is 1.61. The molecule has 1 amide bonds. The number of carbonyl (C=O) groups is 1. The Hall–Kier alpha value is -1.77. The van der Waals surface area contributed by atoms with Gasteiger partial charge in [0.15, 0.2) is 0 Å². The fourth-order valence-corrected chi connectivity index (χ4v) is 1.42. The van der Waals surface area contributed by atoms with E-state index >= 15 is 0 Å². The van der Waals surface area contributed by atoms with Crippen molar-refractivity contribution >= 4 is 11.6 Å². The van der Waals surface area contributed by atoms with Gasteiger partial charge in [-0.3, -0.25) is 4.79 Å². The van der Waals surface area contributed by atoms with E-state index < -0.39 is 0 Å². The van der Waals surface area contributed by atoms with Crippen LogP contribution in [-0.4, -0.2) is 13.0 Å². The van der Waals surface area contributed by atoms with Crippen LogP contribution in [0.1, 0.15) is 12.5 Å². The number of nitrogens with one attached hydrogen (secondary N) is 1. The third-order valence-electron chi connectivity index (χ3n) is 2.01. The van der Waals surface area contributed by atoms with Crippen LogP contribution >= 0.6 is 0 Å². The molecule has 1 N–H and O–H groups in total. The van der Waals surface area contributed by atoms with Gasteiger partial charge in [-0.2, -0.15) is 0 Å². The number of carbonyl (C=O) groups excluding carboxylic acids is 1. The summed E-state index contributed by atoms with van der Waals surface area (Å²) in [5.74, 6) is 0.676. The Morgan fingerprint density at radius 3 is 2.87 bits per heavy atom. The van der Waals surface area contributed by atoms with E-state index in [4.69, 9.17) is 4.74 Å². The van der Waals surface area contributed by atoms with E-state index in [1.165, 1.54) is 6.92 Å². The number of amides is 1. The topological polar surface area (TPSA) is 38.3 Å². The second kappa shape index (κ2) is 5.20. The molecule has 0 unspecified atom stereocenters. The standard InChI is InChI=1S/C12H15NO2/c1-4-6-10-11(13-9(2)14)7-5-8-12(10)15-3/h4-5,7-8H,1,6H2,2-3H3,(H,13,14). The summed E-state index contributed by atoms with van der Waals surface area (Å²) in [6, 6.07) is 5.56. The van der Waals surface area contributed by atoms with Crippen molar-refractivity contribution in [2.24, 2.45) is 0 Å². The van der Waals surface area contributed by atoms with E-state index in [9.17, 15) is 4.79 Å². The smallest absolute Gasteiger partial charge is 0.221 e. The van der Waals surface area contributed by atoms with Crippen LogP contribution in [-0.2, 0) is 11.2 Å². The Labute approximate surface area is 89.8 Å². The Balaban J connectivity index is 3.11. The molecular weight excluding hydrogens is 190 g/mol. The van der Waals surface area contributed by atoms with Crippen molar-refractivity contribution in [3.63, 3.8) is 0 Å². The van der Waals surface area contributed by atoms with Crippen molar-refractivity contribution in [3.8, 4) is 5.75 Å². The Bertz CT molecular complexity index is 372. The van der Waals surface area contributed by atoms with Gasteiger partial charge in [0, 0.05) is 18.2 Å². The Morgan fingerprint density at radius 2 is 2.33 bits per heavy atom. The molecule has 0 radical (unpaired) electrons. The van der Waals surface area contributed by atoms with E-state index in [-0.39, 0.29) is 5.91 Å². The van der Waals surface area contributed by atoms with Crippen molar-refractivity contribution in [2.75, 3.05) is 12.4 Å². The molecule has 0 heterocycles. The molecule has 1 aromatic carbocycles. The zero-order chi connectivity index (χ0) is 11.3. The predicted molar refractivity (Wildman–Crippen MR) is 61.2 cm³/mol. The number of benzene rings is 1. The van der Waals surface area contributed by atoms with Crippen molar-refractivity contribution in [3.05, 3.63) is 36.4 Å². The van der Waals surface area contributed by atoms with E-state index in [1.807, 2.05) is 18.2 Å². The monoisotopic (exact) mass is 205 g/mol. The van der Waals surface area contributed by atoms with Crippen molar-refractivity contribution in [2.45, 2.75) is 13.3 Å². The van der Waals surface area contributed by atoms with Gasteiger partial charge in [0.2, 0.25) is 5.91 Å². The lowest BCUT2D eigenvalue weighted by Gasteiger charge is -2.12. The molecule has 0 spiro atoms. The highest BCUT2D eigenvalue weighted by Gasteiger charge is 2.07. The first kappa shape index (κ1) is 11.3. The average Bonchev–Trinajstić information content (AvgIpc) is 2.20. The molecule has 0 fully saturated rings. The molecule has 80 valence electrons. The van der Waals surface area contributed by atoms with Gasteiger partial charge in [0.05, 0.1) is 7.11 Å². The SMILES string of the molecule is C=CCc1c(NC(C)=O)cccc1OC. The molecule has 15 heavy (non-hydrogen) atoms. The zero-order valence-electron chi connectivity index (χ0n) is 9.04. The minimum Gasteiger partial charge on any atom is -0.496 e. The molecule has 0 bridgehead atoms. The summed E-state index contributed by atoms with van der Waals surface area (Å²) >= 11 is 0. The molecule has 3 heteroatoms. The van der Waals surface area contributed by atoms with E-state index in [0.717, 1.165) is 17.0 Å². The summed E-state index contributed by atoms with van der Waals surface area (Å²) in [6.07, 6.45) is 2.45.